The van der Waals surface area contributed by atoms with Crippen LogP contribution in [0, 0.1) is 13.8 Å². The summed E-state index contributed by atoms with van der Waals surface area (Å²) in [6.07, 6.45) is 1.64. The summed E-state index contributed by atoms with van der Waals surface area (Å²) in [5.74, 6) is 1.28. The van der Waals surface area contributed by atoms with Gasteiger partial charge in [-0.25, -0.2) is 0 Å². The average Bonchev–Trinajstić information content (AvgIpc) is 3.16. The van der Waals surface area contributed by atoms with Crippen LogP contribution < -0.4 is 14.8 Å². The maximum absolute atomic E-state index is 12.1. The highest BCUT2D eigenvalue weighted by atomic mass is 32.1. The Bertz CT molecular complexity index is 954. The zero-order chi connectivity index (χ0) is 20.6. The summed E-state index contributed by atoms with van der Waals surface area (Å²) in [5, 5.41) is 12.1. The molecule has 1 aromatic heterocycles. The summed E-state index contributed by atoms with van der Waals surface area (Å²) in [5.41, 5.74) is 3.36. The molecule has 6 nitrogen and oxygen atoms in total. The fraction of sp³-hybridized carbons (Fsp3) is 0.318. The van der Waals surface area contributed by atoms with E-state index >= 15 is 0 Å². The summed E-state index contributed by atoms with van der Waals surface area (Å²) in [4.78, 5) is 12.1. The van der Waals surface area contributed by atoms with E-state index in [-0.39, 0.29) is 12.5 Å². The molecule has 2 aromatic carbocycles. The highest BCUT2D eigenvalue weighted by Crippen LogP contribution is 2.20. The number of hydrogen-bond acceptors (Lipinski definition) is 6. The van der Waals surface area contributed by atoms with Gasteiger partial charge in [0.25, 0.3) is 5.91 Å². The van der Waals surface area contributed by atoms with Gasteiger partial charge in [-0.05, 0) is 55.2 Å². The standard InChI is InChI=1S/C22H25N3O3S/c1-4-17-7-9-18(10-8-17)27-12-11-21-24-25-22(29-21)23-20(26)14-28-19-13-15(2)5-6-16(19)3/h5-10,13H,4,11-12,14H2,1-3H3,(H,23,25,26). The Labute approximate surface area is 174 Å². The molecule has 0 saturated carbocycles. The minimum atomic E-state index is -0.263. The van der Waals surface area contributed by atoms with Crippen LogP contribution in [0.3, 0.4) is 0 Å². The van der Waals surface area contributed by atoms with Crippen molar-refractivity contribution in [3.63, 3.8) is 0 Å². The molecule has 0 saturated heterocycles. The van der Waals surface area contributed by atoms with E-state index in [9.17, 15) is 4.79 Å². The van der Waals surface area contributed by atoms with Crippen molar-refractivity contribution in [1.82, 2.24) is 10.2 Å². The maximum Gasteiger partial charge on any atom is 0.264 e. The van der Waals surface area contributed by atoms with Gasteiger partial charge in [0.05, 0.1) is 6.61 Å². The minimum Gasteiger partial charge on any atom is -0.493 e. The van der Waals surface area contributed by atoms with E-state index in [4.69, 9.17) is 9.47 Å². The first-order valence-corrected chi connectivity index (χ1v) is 10.4. The van der Waals surface area contributed by atoms with E-state index in [1.165, 1.54) is 16.9 Å². The lowest BCUT2D eigenvalue weighted by atomic mass is 10.1. The van der Waals surface area contributed by atoms with Gasteiger partial charge in [0.1, 0.15) is 16.5 Å². The molecular formula is C22H25N3O3S. The Balaban J connectivity index is 1.43. The number of hydrogen-bond donors (Lipinski definition) is 1. The van der Waals surface area contributed by atoms with Crippen molar-refractivity contribution in [3.8, 4) is 11.5 Å². The van der Waals surface area contributed by atoms with Crippen molar-refractivity contribution in [2.24, 2.45) is 0 Å². The topological polar surface area (TPSA) is 73.3 Å². The van der Waals surface area contributed by atoms with E-state index < -0.39 is 0 Å². The summed E-state index contributed by atoms with van der Waals surface area (Å²) in [6, 6.07) is 14.0. The first-order valence-electron chi connectivity index (χ1n) is 9.57. The summed E-state index contributed by atoms with van der Waals surface area (Å²) in [6.45, 7) is 6.49. The zero-order valence-corrected chi connectivity index (χ0v) is 17.7. The minimum absolute atomic E-state index is 0.0733. The first kappa shape index (κ1) is 20.8. The largest absolute Gasteiger partial charge is 0.493 e. The number of rotatable bonds is 9. The highest BCUT2D eigenvalue weighted by Gasteiger charge is 2.10. The third-order valence-electron chi connectivity index (χ3n) is 4.33. The molecule has 152 valence electrons. The van der Waals surface area contributed by atoms with Gasteiger partial charge in [0.2, 0.25) is 5.13 Å². The third kappa shape index (κ3) is 6.29. The van der Waals surface area contributed by atoms with Crippen molar-refractivity contribution >= 4 is 22.4 Å². The van der Waals surface area contributed by atoms with Gasteiger partial charge in [-0.1, -0.05) is 42.5 Å². The van der Waals surface area contributed by atoms with Crippen molar-refractivity contribution < 1.29 is 14.3 Å². The molecule has 29 heavy (non-hydrogen) atoms. The lowest BCUT2D eigenvalue weighted by Gasteiger charge is -2.09. The summed E-state index contributed by atoms with van der Waals surface area (Å²) >= 11 is 1.34. The zero-order valence-electron chi connectivity index (χ0n) is 16.9. The van der Waals surface area contributed by atoms with Gasteiger partial charge >= 0.3 is 0 Å². The molecule has 1 N–H and O–H groups in total. The van der Waals surface area contributed by atoms with Crippen molar-refractivity contribution in [3.05, 3.63) is 64.2 Å². The Morgan fingerprint density at radius 3 is 2.62 bits per heavy atom. The number of ether oxygens (including phenoxy) is 2. The van der Waals surface area contributed by atoms with Crippen molar-refractivity contribution in [1.29, 1.82) is 0 Å². The normalized spacial score (nSPS) is 10.6. The smallest absolute Gasteiger partial charge is 0.264 e. The van der Waals surface area contributed by atoms with Gasteiger partial charge in [-0.2, -0.15) is 0 Å². The molecule has 0 radical (unpaired) electrons. The molecule has 3 rings (SSSR count). The quantitative estimate of drug-likeness (QED) is 0.566. The molecule has 0 fully saturated rings. The molecule has 0 bridgehead atoms. The summed E-state index contributed by atoms with van der Waals surface area (Å²) < 4.78 is 11.4. The van der Waals surface area contributed by atoms with Gasteiger partial charge in [-0.15, -0.1) is 10.2 Å². The van der Waals surface area contributed by atoms with E-state index in [0.717, 1.165) is 28.3 Å². The number of aryl methyl sites for hydroxylation is 3. The molecule has 0 aliphatic rings. The fourth-order valence-electron chi connectivity index (χ4n) is 2.64. The van der Waals surface area contributed by atoms with Gasteiger partial charge in [-0.3, -0.25) is 10.1 Å². The lowest BCUT2D eigenvalue weighted by molar-refractivity contribution is -0.118. The van der Waals surface area contributed by atoms with Crippen LogP contribution in [0.1, 0.15) is 28.6 Å². The predicted molar refractivity (Wildman–Crippen MR) is 115 cm³/mol. The highest BCUT2D eigenvalue weighted by molar-refractivity contribution is 7.15. The summed E-state index contributed by atoms with van der Waals surface area (Å²) in [7, 11) is 0. The Hall–Kier alpha value is -2.93. The number of benzene rings is 2. The molecule has 0 spiro atoms. The maximum atomic E-state index is 12.1. The number of carbonyl (C=O) groups excluding carboxylic acids is 1. The van der Waals surface area contributed by atoms with E-state index in [0.29, 0.717) is 23.9 Å². The molecule has 0 aliphatic heterocycles. The number of nitrogens with one attached hydrogen (secondary N) is 1. The van der Waals surface area contributed by atoms with Crippen LogP contribution in [0.2, 0.25) is 0 Å². The average molecular weight is 412 g/mol. The van der Waals surface area contributed by atoms with Crippen molar-refractivity contribution in [2.45, 2.75) is 33.6 Å². The fourth-order valence-corrected chi connectivity index (χ4v) is 3.38. The first-order chi connectivity index (χ1) is 14.0. The predicted octanol–water partition coefficient (Wildman–Crippen LogP) is 4.36. The Kier molecular flexibility index (Phi) is 7.19. The van der Waals surface area contributed by atoms with Gasteiger partial charge in [0.15, 0.2) is 6.61 Å². The molecule has 1 amide bonds. The van der Waals surface area contributed by atoms with Crippen LogP contribution in [0.5, 0.6) is 11.5 Å². The van der Waals surface area contributed by atoms with Crippen LogP contribution in [0.25, 0.3) is 0 Å². The van der Waals surface area contributed by atoms with Gasteiger partial charge < -0.3 is 9.47 Å². The van der Waals surface area contributed by atoms with E-state index in [1.54, 1.807) is 0 Å². The lowest BCUT2D eigenvalue weighted by Crippen LogP contribution is -2.20. The number of aromatic nitrogens is 2. The second kappa shape index (κ2) is 10.0. The monoisotopic (exact) mass is 411 g/mol. The number of anilines is 1. The molecule has 7 heteroatoms. The molecule has 1 heterocycles. The van der Waals surface area contributed by atoms with Crippen LogP contribution >= 0.6 is 11.3 Å². The van der Waals surface area contributed by atoms with Crippen molar-refractivity contribution in [2.75, 3.05) is 18.5 Å². The second-order valence-electron chi connectivity index (χ2n) is 6.70. The molecule has 0 aliphatic carbocycles. The molecule has 3 aromatic rings. The molecule has 0 atom stereocenters. The molecule has 0 unspecified atom stereocenters. The number of carbonyl (C=O) groups is 1. The number of amides is 1. The Morgan fingerprint density at radius 2 is 1.86 bits per heavy atom. The van der Waals surface area contributed by atoms with E-state index in [1.807, 2.05) is 44.2 Å². The third-order valence-corrected chi connectivity index (χ3v) is 5.23. The second-order valence-corrected chi connectivity index (χ2v) is 7.76. The van der Waals surface area contributed by atoms with Crippen LogP contribution in [0.4, 0.5) is 5.13 Å². The van der Waals surface area contributed by atoms with E-state index in [2.05, 4.69) is 34.6 Å². The van der Waals surface area contributed by atoms with Gasteiger partial charge in [0, 0.05) is 6.42 Å². The molecular weight excluding hydrogens is 386 g/mol. The Morgan fingerprint density at radius 1 is 1.07 bits per heavy atom. The number of nitrogens with zero attached hydrogens (tertiary/aromatic N) is 2. The SMILES string of the molecule is CCc1ccc(OCCc2nnc(NC(=O)COc3cc(C)ccc3C)s2)cc1. The van der Waals surface area contributed by atoms with Crippen LogP contribution in [-0.2, 0) is 17.6 Å². The van der Waals surface area contributed by atoms with Crippen LogP contribution in [0.15, 0.2) is 42.5 Å². The van der Waals surface area contributed by atoms with Crippen LogP contribution in [-0.4, -0.2) is 29.3 Å².